The van der Waals surface area contributed by atoms with Gasteiger partial charge in [0.1, 0.15) is 25.6 Å². The van der Waals surface area contributed by atoms with Crippen LogP contribution in [0.4, 0.5) is 10.1 Å². The number of hydrogen-bond acceptors (Lipinski definition) is 6. The van der Waals surface area contributed by atoms with Crippen LogP contribution < -0.4 is 19.1 Å². The molecular formula is C21H23FN2O6S. The Morgan fingerprint density at radius 3 is 2.65 bits per heavy atom. The molecule has 0 radical (unpaired) electrons. The number of rotatable bonds is 7. The highest BCUT2D eigenvalue weighted by Crippen LogP contribution is 2.34. The van der Waals surface area contributed by atoms with Gasteiger partial charge in [-0.25, -0.2) is 12.8 Å². The van der Waals surface area contributed by atoms with E-state index in [2.05, 4.69) is 5.32 Å². The van der Waals surface area contributed by atoms with Gasteiger partial charge >= 0.3 is 0 Å². The third kappa shape index (κ3) is 4.91. The Kier molecular flexibility index (Phi) is 6.28. The highest BCUT2D eigenvalue weighted by Gasteiger charge is 2.29. The third-order valence-corrected chi connectivity index (χ3v) is 6.81. The molecule has 4 rings (SSSR count). The van der Waals surface area contributed by atoms with E-state index < -0.39 is 28.3 Å². The van der Waals surface area contributed by atoms with Crippen LogP contribution in [0.15, 0.2) is 47.4 Å². The van der Waals surface area contributed by atoms with Gasteiger partial charge in [0.05, 0.1) is 16.7 Å². The van der Waals surface area contributed by atoms with Crippen molar-refractivity contribution in [3.05, 3.63) is 48.3 Å². The van der Waals surface area contributed by atoms with E-state index in [0.717, 1.165) is 23.2 Å². The second-order valence-electron chi connectivity index (χ2n) is 7.24. The van der Waals surface area contributed by atoms with Gasteiger partial charge < -0.3 is 19.5 Å². The maximum atomic E-state index is 13.9. The average molecular weight is 450 g/mol. The summed E-state index contributed by atoms with van der Waals surface area (Å²) in [5.74, 6) is -0.383. The van der Waals surface area contributed by atoms with Crippen molar-refractivity contribution in [2.45, 2.75) is 23.8 Å². The highest BCUT2D eigenvalue weighted by atomic mass is 32.2. The molecule has 2 aliphatic rings. The summed E-state index contributed by atoms with van der Waals surface area (Å²) in [5.41, 5.74) is 0.0437. The minimum atomic E-state index is -4.20. The Labute approximate surface area is 179 Å². The quantitative estimate of drug-likeness (QED) is 0.694. The number of amides is 1. The highest BCUT2D eigenvalue weighted by molar-refractivity contribution is 7.92. The maximum Gasteiger partial charge on any atom is 0.264 e. The van der Waals surface area contributed by atoms with E-state index in [-0.39, 0.29) is 16.7 Å². The molecule has 0 aromatic heterocycles. The normalized spacial score (nSPS) is 17.9. The largest absolute Gasteiger partial charge is 0.486 e. The van der Waals surface area contributed by atoms with Crippen molar-refractivity contribution in [3.8, 4) is 11.5 Å². The fourth-order valence-electron chi connectivity index (χ4n) is 3.48. The lowest BCUT2D eigenvalue weighted by Crippen LogP contribution is -2.42. The number of halogens is 1. The van der Waals surface area contributed by atoms with Crippen LogP contribution in [0.2, 0.25) is 0 Å². The zero-order chi connectivity index (χ0) is 21.8. The van der Waals surface area contributed by atoms with Gasteiger partial charge in [0.25, 0.3) is 10.0 Å². The molecule has 166 valence electrons. The van der Waals surface area contributed by atoms with Crippen LogP contribution >= 0.6 is 0 Å². The van der Waals surface area contributed by atoms with Crippen LogP contribution in [0.5, 0.6) is 11.5 Å². The topological polar surface area (TPSA) is 94.2 Å². The summed E-state index contributed by atoms with van der Waals surface area (Å²) in [4.78, 5) is 12.5. The number of ether oxygens (including phenoxy) is 3. The van der Waals surface area contributed by atoms with E-state index in [1.54, 1.807) is 0 Å². The lowest BCUT2D eigenvalue weighted by Gasteiger charge is -2.25. The molecule has 0 aliphatic carbocycles. The van der Waals surface area contributed by atoms with E-state index in [4.69, 9.17) is 14.2 Å². The predicted molar refractivity (Wildman–Crippen MR) is 110 cm³/mol. The summed E-state index contributed by atoms with van der Waals surface area (Å²) in [6.07, 6.45) is 1.68. The van der Waals surface area contributed by atoms with Crippen LogP contribution in [-0.4, -0.2) is 53.3 Å². The molecule has 1 N–H and O–H groups in total. The molecule has 2 aliphatic heterocycles. The first-order valence-electron chi connectivity index (χ1n) is 10.00. The van der Waals surface area contributed by atoms with Crippen molar-refractivity contribution in [1.29, 1.82) is 0 Å². The molecule has 1 saturated heterocycles. The van der Waals surface area contributed by atoms with Gasteiger partial charge in [-0.15, -0.1) is 0 Å². The van der Waals surface area contributed by atoms with Crippen molar-refractivity contribution in [1.82, 2.24) is 5.32 Å². The number of carbonyl (C=O) groups is 1. The Balaban J connectivity index is 1.60. The standard InChI is InChI=1S/C21H23FN2O6S/c22-15-3-1-4-16(11-15)24(14-21(25)23-13-17-5-2-8-28-17)31(26,27)18-6-7-19-20(12-18)30-10-9-29-19/h1,3-4,6-7,11-12,17H,2,5,8-10,13-14H2,(H,23,25). The summed E-state index contributed by atoms with van der Waals surface area (Å²) in [7, 11) is -4.20. The summed E-state index contributed by atoms with van der Waals surface area (Å²) in [6, 6.07) is 9.33. The number of carbonyl (C=O) groups excluding carboxylic acids is 1. The van der Waals surface area contributed by atoms with Gasteiger partial charge in [0.15, 0.2) is 11.5 Å². The minimum Gasteiger partial charge on any atom is -0.486 e. The number of hydrogen-bond donors (Lipinski definition) is 1. The summed E-state index contributed by atoms with van der Waals surface area (Å²) >= 11 is 0. The zero-order valence-electron chi connectivity index (χ0n) is 16.8. The monoisotopic (exact) mass is 450 g/mol. The fraction of sp³-hybridized carbons (Fsp3) is 0.381. The first-order chi connectivity index (χ1) is 14.9. The molecule has 0 spiro atoms. The molecule has 10 heteroatoms. The Morgan fingerprint density at radius 1 is 1.10 bits per heavy atom. The maximum absolute atomic E-state index is 13.9. The average Bonchev–Trinajstić information content (AvgIpc) is 3.29. The second-order valence-corrected chi connectivity index (χ2v) is 9.10. The second kappa shape index (κ2) is 9.11. The van der Waals surface area contributed by atoms with Crippen LogP contribution in [0, 0.1) is 5.82 Å². The predicted octanol–water partition coefficient (Wildman–Crippen LogP) is 2.09. The van der Waals surface area contributed by atoms with Crippen molar-refractivity contribution in [2.75, 3.05) is 37.2 Å². The third-order valence-electron chi connectivity index (χ3n) is 5.04. The molecule has 1 amide bonds. The van der Waals surface area contributed by atoms with Gasteiger partial charge in [-0.3, -0.25) is 9.10 Å². The van der Waals surface area contributed by atoms with Crippen molar-refractivity contribution >= 4 is 21.6 Å². The zero-order valence-corrected chi connectivity index (χ0v) is 17.6. The molecule has 2 heterocycles. The van der Waals surface area contributed by atoms with E-state index >= 15 is 0 Å². The van der Waals surface area contributed by atoms with Gasteiger partial charge in [0.2, 0.25) is 5.91 Å². The number of sulfonamides is 1. The molecule has 0 bridgehead atoms. The van der Waals surface area contributed by atoms with Crippen LogP contribution in [0.25, 0.3) is 0 Å². The molecule has 1 fully saturated rings. The summed E-state index contributed by atoms with van der Waals surface area (Å²) in [5, 5.41) is 2.70. The number of fused-ring (bicyclic) bond motifs is 1. The molecular weight excluding hydrogens is 427 g/mol. The summed E-state index contributed by atoms with van der Waals surface area (Å²) < 4.78 is 58.0. The van der Waals surface area contributed by atoms with E-state index in [1.165, 1.54) is 36.4 Å². The first-order valence-corrected chi connectivity index (χ1v) is 11.4. The SMILES string of the molecule is O=C(CN(c1cccc(F)c1)S(=O)(=O)c1ccc2c(c1)OCCO2)NCC1CCCO1. The van der Waals surface area contributed by atoms with Crippen LogP contribution in [0.1, 0.15) is 12.8 Å². The van der Waals surface area contributed by atoms with Crippen molar-refractivity contribution in [3.63, 3.8) is 0 Å². The molecule has 1 unspecified atom stereocenters. The molecule has 0 saturated carbocycles. The van der Waals surface area contributed by atoms with Gasteiger partial charge in [-0.05, 0) is 43.2 Å². The molecule has 8 nitrogen and oxygen atoms in total. The number of benzene rings is 2. The number of nitrogens with zero attached hydrogens (tertiary/aromatic N) is 1. The van der Waals surface area contributed by atoms with E-state index in [0.29, 0.717) is 37.9 Å². The molecule has 1 atom stereocenters. The van der Waals surface area contributed by atoms with Crippen molar-refractivity contribution < 1.29 is 31.8 Å². The summed E-state index contributed by atoms with van der Waals surface area (Å²) in [6.45, 7) is 1.11. The van der Waals surface area contributed by atoms with Gasteiger partial charge in [0, 0.05) is 19.2 Å². The van der Waals surface area contributed by atoms with Crippen molar-refractivity contribution in [2.24, 2.45) is 0 Å². The van der Waals surface area contributed by atoms with E-state index in [9.17, 15) is 17.6 Å². The minimum absolute atomic E-state index is 0.0437. The lowest BCUT2D eigenvalue weighted by atomic mass is 10.2. The van der Waals surface area contributed by atoms with Gasteiger partial charge in [-0.2, -0.15) is 0 Å². The molecule has 2 aromatic rings. The molecule has 2 aromatic carbocycles. The number of anilines is 1. The molecule has 31 heavy (non-hydrogen) atoms. The first kappa shape index (κ1) is 21.4. The Hall–Kier alpha value is -2.85. The fourth-order valence-corrected chi connectivity index (χ4v) is 4.91. The van der Waals surface area contributed by atoms with Crippen LogP contribution in [0.3, 0.4) is 0 Å². The Morgan fingerprint density at radius 2 is 1.90 bits per heavy atom. The number of nitrogens with one attached hydrogen (secondary N) is 1. The van der Waals surface area contributed by atoms with E-state index in [1.807, 2.05) is 0 Å². The van der Waals surface area contributed by atoms with Gasteiger partial charge in [-0.1, -0.05) is 6.07 Å². The van der Waals surface area contributed by atoms with Crippen LogP contribution in [-0.2, 0) is 19.6 Å². The lowest BCUT2D eigenvalue weighted by molar-refractivity contribution is -0.120. The Bertz CT molecular complexity index is 1060. The smallest absolute Gasteiger partial charge is 0.264 e.